The van der Waals surface area contributed by atoms with Crippen molar-refractivity contribution in [2.24, 2.45) is 11.7 Å². The molecule has 1 atom stereocenters. The molecule has 1 heterocycles. The van der Waals surface area contributed by atoms with Gasteiger partial charge in [0.05, 0.1) is 0 Å². The number of hydrogen-bond acceptors (Lipinski definition) is 2. The Morgan fingerprint density at radius 3 is 3.07 bits per heavy atom. The minimum Gasteiger partial charge on any atom is -0.338 e. The molecule has 1 unspecified atom stereocenters. The number of nitrogens with two attached hydrogens (primary N) is 1. The van der Waals surface area contributed by atoms with Crippen LogP contribution < -0.4 is 11.1 Å². The molecule has 15 heavy (non-hydrogen) atoms. The molecule has 0 radical (unpaired) electrons. The predicted octanol–water partition coefficient (Wildman–Crippen LogP) is 1.17. The summed E-state index contributed by atoms with van der Waals surface area (Å²) in [6.45, 7) is 5.32. The van der Waals surface area contributed by atoms with Crippen molar-refractivity contribution in [2.75, 3.05) is 26.2 Å². The molecule has 4 heteroatoms. The third-order valence-corrected chi connectivity index (χ3v) is 2.95. The fraction of sp³-hybridized carbons (Fsp3) is 0.909. The second-order valence-electron chi connectivity index (χ2n) is 4.28. The van der Waals surface area contributed by atoms with Crippen molar-refractivity contribution in [1.82, 2.24) is 10.2 Å². The average molecular weight is 213 g/mol. The first kappa shape index (κ1) is 12.3. The van der Waals surface area contributed by atoms with Gasteiger partial charge >= 0.3 is 6.03 Å². The lowest BCUT2D eigenvalue weighted by Crippen LogP contribution is -2.47. The Hall–Kier alpha value is -0.770. The molecule has 0 spiro atoms. The van der Waals surface area contributed by atoms with E-state index in [-0.39, 0.29) is 6.03 Å². The zero-order chi connectivity index (χ0) is 11.1. The number of piperidine rings is 1. The maximum Gasteiger partial charge on any atom is 0.317 e. The Morgan fingerprint density at radius 1 is 1.60 bits per heavy atom. The van der Waals surface area contributed by atoms with Gasteiger partial charge in [0.15, 0.2) is 0 Å². The highest BCUT2D eigenvalue weighted by molar-refractivity contribution is 5.74. The van der Waals surface area contributed by atoms with E-state index in [9.17, 15) is 4.79 Å². The molecule has 1 aliphatic heterocycles. The van der Waals surface area contributed by atoms with E-state index in [4.69, 9.17) is 5.73 Å². The Balaban J connectivity index is 2.25. The van der Waals surface area contributed by atoms with Crippen molar-refractivity contribution in [1.29, 1.82) is 0 Å². The van der Waals surface area contributed by atoms with Crippen molar-refractivity contribution < 1.29 is 4.79 Å². The number of hydrogen-bond donors (Lipinski definition) is 2. The van der Waals surface area contributed by atoms with Gasteiger partial charge in [0.1, 0.15) is 0 Å². The third-order valence-electron chi connectivity index (χ3n) is 2.95. The highest BCUT2D eigenvalue weighted by atomic mass is 16.2. The summed E-state index contributed by atoms with van der Waals surface area (Å²) >= 11 is 0. The quantitative estimate of drug-likeness (QED) is 0.689. The highest BCUT2D eigenvalue weighted by Crippen LogP contribution is 2.14. The molecule has 88 valence electrons. The van der Waals surface area contributed by atoms with Crippen LogP contribution in [0.2, 0.25) is 0 Å². The van der Waals surface area contributed by atoms with E-state index < -0.39 is 0 Å². The number of nitrogens with one attached hydrogen (secondary N) is 1. The number of unbranched alkanes of at least 4 members (excludes halogenated alkanes) is 1. The second kappa shape index (κ2) is 6.67. The molecule has 0 aromatic rings. The maximum atomic E-state index is 11.7. The largest absolute Gasteiger partial charge is 0.338 e. The molecule has 0 aromatic heterocycles. The summed E-state index contributed by atoms with van der Waals surface area (Å²) in [4.78, 5) is 13.6. The lowest BCUT2D eigenvalue weighted by Gasteiger charge is -2.32. The summed E-state index contributed by atoms with van der Waals surface area (Å²) in [5, 5.41) is 2.94. The zero-order valence-corrected chi connectivity index (χ0v) is 9.67. The molecule has 1 aliphatic rings. The molecule has 0 bridgehead atoms. The first-order chi connectivity index (χ1) is 7.27. The lowest BCUT2D eigenvalue weighted by atomic mass is 9.99. The van der Waals surface area contributed by atoms with Gasteiger partial charge in [0, 0.05) is 19.6 Å². The van der Waals surface area contributed by atoms with Crippen LogP contribution in [0.4, 0.5) is 4.79 Å². The summed E-state index contributed by atoms with van der Waals surface area (Å²) in [6, 6.07) is 0.0848. The lowest BCUT2D eigenvalue weighted by molar-refractivity contribution is 0.167. The molecular formula is C11H23N3O. The summed E-state index contributed by atoms with van der Waals surface area (Å²) in [7, 11) is 0. The number of carbonyl (C=O) groups excluding carboxylic acids is 1. The van der Waals surface area contributed by atoms with Crippen LogP contribution in [-0.2, 0) is 0 Å². The van der Waals surface area contributed by atoms with Gasteiger partial charge in [-0.2, -0.15) is 0 Å². The standard InChI is InChI=1S/C11H23N3O/c1-2-3-6-13-11(15)14-7-4-5-10(8-12)9-14/h10H,2-9,12H2,1H3,(H,13,15). The molecule has 2 amide bonds. The van der Waals surface area contributed by atoms with Crippen molar-refractivity contribution in [3.63, 3.8) is 0 Å². The molecule has 1 rings (SSSR count). The van der Waals surface area contributed by atoms with Gasteiger partial charge in [-0.15, -0.1) is 0 Å². The smallest absolute Gasteiger partial charge is 0.317 e. The number of rotatable bonds is 4. The summed E-state index contributed by atoms with van der Waals surface area (Å²) < 4.78 is 0. The SMILES string of the molecule is CCCCNC(=O)N1CCCC(CN)C1. The van der Waals surface area contributed by atoms with E-state index in [1.807, 2.05) is 4.90 Å². The van der Waals surface area contributed by atoms with Crippen LogP contribution in [0.1, 0.15) is 32.6 Å². The average Bonchev–Trinajstić information content (AvgIpc) is 2.29. The number of carbonyl (C=O) groups is 1. The highest BCUT2D eigenvalue weighted by Gasteiger charge is 2.21. The van der Waals surface area contributed by atoms with Crippen LogP contribution in [-0.4, -0.2) is 37.1 Å². The normalized spacial score (nSPS) is 21.5. The number of likely N-dealkylation sites (tertiary alicyclic amines) is 1. The van der Waals surface area contributed by atoms with Gasteiger partial charge in [-0.3, -0.25) is 0 Å². The van der Waals surface area contributed by atoms with E-state index in [1.165, 1.54) is 0 Å². The van der Waals surface area contributed by atoms with Crippen LogP contribution >= 0.6 is 0 Å². The molecule has 1 saturated heterocycles. The Bertz CT molecular complexity index is 196. The van der Waals surface area contributed by atoms with Crippen LogP contribution in [0.5, 0.6) is 0 Å². The van der Waals surface area contributed by atoms with Crippen molar-refractivity contribution in [3.05, 3.63) is 0 Å². The predicted molar refractivity (Wildman–Crippen MR) is 61.7 cm³/mol. The fourth-order valence-electron chi connectivity index (χ4n) is 1.93. The number of amides is 2. The Labute approximate surface area is 92.2 Å². The van der Waals surface area contributed by atoms with Crippen LogP contribution in [0.15, 0.2) is 0 Å². The van der Waals surface area contributed by atoms with Gasteiger partial charge in [-0.05, 0) is 31.7 Å². The van der Waals surface area contributed by atoms with Crippen LogP contribution in [0.3, 0.4) is 0 Å². The van der Waals surface area contributed by atoms with Crippen LogP contribution in [0.25, 0.3) is 0 Å². The molecule has 0 aliphatic carbocycles. The molecule has 4 nitrogen and oxygen atoms in total. The third kappa shape index (κ3) is 4.08. The van der Waals surface area contributed by atoms with Gasteiger partial charge in [-0.25, -0.2) is 4.79 Å². The van der Waals surface area contributed by atoms with Gasteiger partial charge in [0.25, 0.3) is 0 Å². The van der Waals surface area contributed by atoms with Crippen molar-refractivity contribution in [2.45, 2.75) is 32.6 Å². The van der Waals surface area contributed by atoms with Crippen molar-refractivity contribution >= 4 is 6.03 Å². The van der Waals surface area contributed by atoms with Gasteiger partial charge < -0.3 is 16.0 Å². The van der Waals surface area contributed by atoms with Crippen molar-refractivity contribution in [3.8, 4) is 0 Å². The minimum absolute atomic E-state index is 0.0848. The Kier molecular flexibility index (Phi) is 5.47. The summed E-state index contributed by atoms with van der Waals surface area (Å²) in [5.41, 5.74) is 5.63. The van der Waals surface area contributed by atoms with E-state index in [0.29, 0.717) is 12.5 Å². The summed E-state index contributed by atoms with van der Waals surface area (Å²) in [5.74, 6) is 0.496. The van der Waals surface area contributed by atoms with E-state index >= 15 is 0 Å². The number of nitrogens with zero attached hydrogens (tertiary/aromatic N) is 1. The fourth-order valence-corrected chi connectivity index (χ4v) is 1.93. The van der Waals surface area contributed by atoms with E-state index in [1.54, 1.807) is 0 Å². The molecule has 3 N–H and O–H groups in total. The zero-order valence-electron chi connectivity index (χ0n) is 9.67. The van der Waals surface area contributed by atoms with Gasteiger partial charge in [0.2, 0.25) is 0 Å². The van der Waals surface area contributed by atoms with Gasteiger partial charge in [-0.1, -0.05) is 13.3 Å². The maximum absolute atomic E-state index is 11.7. The minimum atomic E-state index is 0.0848. The van der Waals surface area contributed by atoms with E-state index in [0.717, 1.165) is 45.3 Å². The first-order valence-corrected chi connectivity index (χ1v) is 6.00. The monoisotopic (exact) mass is 213 g/mol. The van der Waals surface area contributed by atoms with E-state index in [2.05, 4.69) is 12.2 Å². The second-order valence-corrected chi connectivity index (χ2v) is 4.28. The Morgan fingerprint density at radius 2 is 2.40 bits per heavy atom. The first-order valence-electron chi connectivity index (χ1n) is 6.00. The molecule has 1 fully saturated rings. The molecule has 0 saturated carbocycles. The molecular weight excluding hydrogens is 190 g/mol. The van der Waals surface area contributed by atoms with Crippen LogP contribution in [0, 0.1) is 5.92 Å². The molecule has 0 aromatic carbocycles. The topological polar surface area (TPSA) is 58.4 Å². The number of urea groups is 1. The summed E-state index contributed by atoms with van der Waals surface area (Å²) in [6.07, 6.45) is 4.42.